The van der Waals surface area contributed by atoms with Crippen LogP contribution < -0.4 is 5.32 Å². The summed E-state index contributed by atoms with van der Waals surface area (Å²) < 4.78 is 0.910. The summed E-state index contributed by atoms with van der Waals surface area (Å²) in [6, 6.07) is 0. The molecule has 1 rings (SSSR count). The second-order valence-electron chi connectivity index (χ2n) is 1.85. The zero-order valence-corrected chi connectivity index (χ0v) is 7.22. The molecule has 0 spiro atoms. The molecular formula is C6H8BrN3. The van der Waals surface area contributed by atoms with Crippen molar-refractivity contribution in [1.29, 1.82) is 0 Å². The van der Waals surface area contributed by atoms with Crippen LogP contribution in [-0.4, -0.2) is 17.0 Å². The number of rotatable bonds is 2. The molecule has 0 aromatic carbocycles. The summed E-state index contributed by atoms with van der Waals surface area (Å²) in [6.45, 7) is 0.716. The van der Waals surface area contributed by atoms with Crippen LogP contribution in [0, 0.1) is 0 Å². The molecule has 1 heterocycles. The van der Waals surface area contributed by atoms with Crippen molar-refractivity contribution in [2.75, 3.05) is 7.05 Å². The van der Waals surface area contributed by atoms with E-state index >= 15 is 0 Å². The molecule has 0 radical (unpaired) electrons. The van der Waals surface area contributed by atoms with E-state index < -0.39 is 0 Å². The van der Waals surface area contributed by atoms with Gasteiger partial charge in [0.25, 0.3) is 0 Å². The summed E-state index contributed by atoms with van der Waals surface area (Å²) in [7, 11) is 1.87. The maximum absolute atomic E-state index is 4.05. The predicted octanol–water partition coefficient (Wildman–Crippen LogP) is 0.958. The van der Waals surface area contributed by atoms with E-state index in [-0.39, 0.29) is 0 Å². The first kappa shape index (κ1) is 7.63. The number of hydrogen-bond acceptors (Lipinski definition) is 3. The maximum Gasteiger partial charge on any atom is 0.142 e. The van der Waals surface area contributed by atoms with E-state index in [1.807, 2.05) is 7.05 Å². The second-order valence-corrected chi connectivity index (χ2v) is 2.76. The lowest BCUT2D eigenvalue weighted by Gasteiger charge is -1.95. The van der Waals surface area contributed by atoms with Gasteiger partial charge in [-0.05, 0) is 23.0 Å². The second kappa shape index (κ2) is 3.63. The average molecular weight is 202 g/mol. The molecule has 0 aliphatic heterocycles. The van der Waals surface area contributed by atoms with Crippen molar-refractivity contribution in [3.05, 3.63) is 22.7 Å². The first-order valence-corrected chi connectivity index (χ1v) is 3.73. The summed E-state index contributed by atoms with van der Waals surface area (Å²) in [5, 5.41) is 2.96. The Balaban J connectivity index is 2.69. The molecule has 0 fully saturated rings. The average Bonchev–Trinajstić information content (AvgIpc) is 1.95. The minimum Gasteiger partial charge on any atom is -0.313 e. The molecule has 4 heteroatoms. The van der Waals surface area contributed by atoms with Crippen LogP contribution in [-0.2, 0) is 6.54 Å². The van der Waals surface area contributed by atoms with Gasteiger partial charge in [0.1, 0.15) is 5.82 Å². The van der Waals surface area contributed by atoms with Gasteiger partial charge >= 0.3 is 0 Å². The molecule has 3 nitrogen and oxygen atoms in total. The van der Waals surface area contributed by atoms with Gasteiger partial charge in [-0.1, -0.05) is 0 Å². The highest BCUT2D eigenvalue weighted by atomic mass is 79.9. The fourth-order valence-electron chi connectivity index (χ4n) is 0.588. The Kier molecular flexibility index (Phi) is 2.77. The summed E-state index contributed by atoms with van der Waals surface area (Å²) in [6.07, 6.45) is 3.47. The van der Waals surface area contributed by atoms with Crippen LogP contribution in [0.3, 0.4) is 0 Å². The predicted molar refractivity (Wildman–Crippen MR) is 42.5 cm³/mol. The zero-order chi connectivity index (χ0) is 7.40. The number of halogens is 1. The molecule has 0 saturated carbocycles. The summed E-state index contributed by atoms with van der Waals surface area (Å²) in [4.78, 5) is 8.10. The fourth-order valence-corrected chi connectivity index (χ4v) is 0.793. The topological polar surface area (TPSA) is 37.8 Å². The van der Waals surface area contributed by atoms with Crippen LogP contribution >= 0.6 is 15.9 Å². The maximum atomic E-state index is 4.05. The van der Waals surface area contributed by atoms with E-state index in [1.54, 1.807) is 12.4 Å². The van der Waals surface area contributed by atoms with Crippen molar-refractivity contribution in [2.45, 2.75) is 6.54 Å². The molecule has 0 atom stereocenters. The fraction of sp³-hybridized carbons (Fsp3) is 0.333. The van der Waals surface area contributed by atoms with E-state index in [2.05, 4.69) is 31.2 Å². The van der Waals surface area contributed by atoms with Gasteiger partial charge in [-0.25, -0.2) is 9.97 Å². The third-order valence-electron chi connectivity index (χ3n) is 1.01. The molecule has 54 valence electrons. The quantitative estimate of drug-likeness (QED) is 0.775. The lowest BCUT2D eigenvalue weighted by atomic mass is 10.5. The van der Waals surface area contributed by atoms with E-state index in [0.29, 0.717) is 6.54 Å². The standard InChI is InChI=1S/C6H8BrN3/c1-8-4-6-9-2-5(7)3-10-6/h2-3,8H,4H2,1H3. The van der Waals surface area contributed by atoms with Crippen LogP contribution in [0.5, 0.6) is 0 Å². The molecule has 10 heavy (non-hydrogen) atoms. The highest BCUT2D eigenvalue weighted by molar-refractivity contribution is 9.10. The van der Waals surface area contributed by atoms with E-state index in [4.69, 9.17) is 0 Å². The normalized spacial score (nSPS) is 9.80. The van der Waals surface area contributed by atoms with Crippen LogP contribution in [0.1, 0.15) is 5.82 Å². The monoisotopic (exact) mass is 201 g/mol. The summed E-state index contributed by atoms with van der Waals surface area (Å²) in [5.74, 6) is 0.811. The third-order valence-corrected chi connectivity index (χ3v) is 1.42. The van der Waals surface area contributed by atoms with Crippen LogP contribution in [0.2, 0.25) is 0 Å². The minimum absolute atomic E-state index is 0.716. The number of aromatic nitrogens is 2. The lowest BCUT2D eigenvalue weighted by Crippen LogP contribution is -2.08. The van der Waals surface area contributed by atoms with Gasteiger partial charge in [0.05, 0.1) is 11.0 Å². The Hall–Kier alpha value is -0.480. The van der Waals surface area contributed by atoms with Gasteiger partial charge in [0.2, 0.25) is 0 Å². The molecule has 0 amide bonds. The highest BCUT2D eigenvalue weighted by Crippen LogP contribution is 2.03. The van der Waals surface area contributed by atoms with Crippen molar-refractivity contribution in [3.8, 4) is 0 Å². The van der Waals surface area contributed by atoms with Crippen LogP contribution in [0.25, 0.3) is 0 Å². The smallest absolute Gasteiger partial charge is 0.142 e. The first-order valence-electron chi connectivity index (χ1n) is 2.94. The summed E-state index contributed by atoms with van der Waals surface area (Å²) >= 11 is 3.25. The highest BCUT2D eigenvalue weighted by Gasteiger charge is 1.91. The van der Waals surface area contributed by atoms with Gasteiger partial charge in [-0.15, -0.1) is 0 Å². The molecule has 0 bridgehead atoms. The number of nitrogens with zero attached hydrogens (tertiary/aromatic N) is 2. The van der Waals surface area contributed by atoms with Crippen molar-refractivity contribution in [1.82, 2.24) is 15.3 Å². The van der Waals surface area contributed by atoms with Gasteiger partial charge in [0.15, 0.2) is 0 Å². The number of nitrogens with one attached hydrogen (secondary N) is 1. The van der Waals surface area contributed by atoms with Crippen molar-refractivity contribution < 1.29 is 0 Å². The Bertz CT molecular complexity index is 197. The summed E-state index contributed by atoms with van der Waals surface area (Å²) in [5.41, 5.74) is 0. The number of hydrogen-bond donors (Lipinski definition) is 1. The molecule has 0 aliphatic carbocycles. The van der Waals surface area contributed by atoms with Gasteiger partial charge < -0.3 is 5.32 Å². The van der Waals surface area contributed by atoms with E-state index in [0.717, 1.165) is 10.3 Å². The van der Waals surface area contributed by atoms with Gasteiger partial charge in [-0.2, -0.15) is 0 Å². The Morgan fingerprint density at radius 1 is 1.50 bits per heavy atom. The third kappa shape index (κ3) is 2.04. The van der Waals surface area contributed by atoms with Gasteiger partial charge in [-0.3, -0.25) is 0 Å². The molecule has 1 N–H and O–H groups in total. The molecule has 0 saturated heterocycles. The van der Waals surface area contributed by atoms with Crippen molar-refractivity contribution in [2.24, 2.45) is 0 Å². The lowest BCUT2D eigenvalue weighted by molar-refractivity contribution is 0.756. The zero-order valence-electron chi connectivity index (χ0n) is 5.63. The molecule has 0 aliphatic rings. The SMILES string of the molecule is CNCc1ncc(Br)cn1. The van der Waals surface area contributed by atoms with E-state index in [9.17, 15) is 0 Å². The van der Waals surface area contributed by atoms with Gasteiger partial charge in [0, 0.05) is 12.4 Å². The molecular weight excluding hydrogens is 194 g/mol. The Morgan fingerprint density at radius 2 is 2.10 bits per heavy atom. The van der Waals surface area contributed by atoms with Crippen molar-refractivity contribution >= 4 is 15.9 Å². The van der Waals surface area contributed by atoms with Crippen molar-refractivity contribution in [3.63, 3.8) is 0 Å². The van der Waals surface area contributed by atoms with Crippen LogP contribution in [0.4, 0.5) is 0 Å². The molecule has 0 unspecified atom stereocenters. The molecule has 1 aromatic rings. The largest absolute Gasteiger partial charge is 0.313 e. The Morgan fingerprint density at radius 3 is 2.60 bits per heavy atom. The van der Waals surface area contributed by atoms with E-state index in [1.165, 1.54) is 0 Å². The minimum atomic E-state index is 0.716. The first-order chi connectivity index (χ1) is 4.83. The molecule has 1 aromatic heterocycles. The Labute approximate surface area is 68.0 Å². The van der Waals surface area contributed by atoms with Crippen LogP contribution in [0.15, 0.2) is 16.9 Å².